The molecule has 1 atom stereocenters. The number of nitrogens with zero attached hydrogens (tertiary/aromatic N) is 1. The van der Waals surface area contributed by atoms with Crippen LogP contribution in [0.3, 0.4) is 0 Å². The molecule has 1 N–H and O–H groups in total. The van der Waals surface area contributed by atoms with E-state index in [4.69, 9.17) is 27.9 Å². The van der Waals surface area contributed by atoms with Crippen molar-refractivity contribution in [3.8, 4) is 5.75 Å². The number of carbonyl (C=O) groups excluding carboxylic acids is 2. The second-order valence-corrected chi connectivity index (χ2v) is 8.48. The summed E-state index contributed by atoms with van der Waals surface area (Å²) in [7, 11) is 0. The maximum atomic E-state index is 13.0. The highest BCUT2D eigenvalue weighted by molar-refractivity contribution is 6.42. The average Bonchev–Trinajstić information content (AvgIpc) is 2.66. The third-order valence-corrected chi connectivity index (χ3v) is 5.36. The van der Waals surface area contributed by atoms with Crippen molar-refractivity contribution in [3.63, 3.8) is 0 Å². The van der Waals surface area contributed by atoms with Crippen LogP contribution in [-0.4, -0.2) is 35.4 Å². The van der Waals surface area contributed by atoms with Gasteiger partial charge in [-0.3, -0.25) is 9.59 Å². The third kappa shape index (κ3) is 6.64. The van der Waals surface area contributed by atoms with E-state index in [-0.39, 0.29) is 31.0 Å². The van der Waals surface area contributed by atoms with Gasteiger partial charge in [0.05, 0.1) is 10.0 Å². The van der Waals surface area contributed by atoms with Crippen molar-refractivity contribution in [2.45, 2.75) is 53.2 Å². The van der Waals surface area contributed by atoms with Gasteiger partial charge in [-0.15, -0.1) is 0 Å². The van der Waals surface area contributed by atoms with Crippen molar-refractivity contribution in [2.75, 3.05) is 6.61 Å². The number of rotatable bonds is 8. The van der Waals surface area contributed by atoms with E-state index in [1.807, 2.05) is 45.9 Å². The number of amides is 2. The Balaban J connectivity index is 2.20. The van der Waals surface area contributed by atoms with Crippen LogP contribution >= 0.6 is 23.2 Å². The first-order valence-corrected chi connectivity index (χ1v) is 10.6. The van der Waals surface area contributed by atoms with Gasteiger partial charge in [0.25, 0.3) is 5.91 Å². The molecule has 0 radical (unpaired) electrons. The highest BCUT2D eigenvalue weighted by Crippen LogP contribution is 2.24. The summed E-state index contributed by atoms with van der Waals surface area (Å²) in [6, 6.07) is 10.2. The number of ether oxygens (including phenoxy) is 1. The predicted octanol–water partition coefficient (Wildman–Crippen LogP) is 4.93. The monoisotopic (exact) mass is 450 g/mol. The van der Waals surface area contributed by atoms with Crippen molar-refractivity contribution in [1.29, 1.82) is 0 Å². The van der Waals surface area contributed by atoms with Gasteiger partial charge in [0.15, 0.2) is 6.61 Å². The number of carbonyl (C=O) groups is 2. The van der Waals surface area contributed by atoms with Crippen LogP contribution in [0.25, 0.3) is 0 Å². The Hall–Kier alpha value is -2.24. The fourth-order valence-electron chi connectivity index (χ4n) is 3.01. The van der Waals surface area contributed by atoms with Gasteiger partial charge in [0.1, 0.15) is 11.8 Å². The predicted molar refractivity (Wildman–Crippen MR) is 121 cm³/mol. The van der Waals surface area contributed by atoms with E-state index in [1.165, 1.54) is 4.90 Å². The minimum atomic E-state index is -0.683. The van der Waals surface area contributed by atoms with Gasteiger partial charge < -0.3 is 15.0 Å². The Morgan fingerprint density at radius 1 is 1.03 bits per heavy atom. The normalized spacial score (nSPS) is 11.9. The molecule has 5 nitrogen and oxygen atoms in total. The van der Waals surface area contributed by atoms with Crippen LogP contribution in [0.1, 0.15) is 37.5 Å². The van der Waals surface area contributed by atoms with Crippen molar-refractivity contribution in [1.82, 2.24) is 10.2 Å². The number of halogens is 2. The van der Waals surface area contributed by atoms with Crippen molar-refractivity contribution < 1.29 is 14.3 Å². The number of nitrogens with one attached hydrogen (secondary N) is 1. The lowest BCUT2D eigenvalue weighted by atomic mass is 10.1. The fraction of sp³-hybridized carbons (Fsp3) is 0.391. The molecule has 0 spiro atoms. The molecule has 0 bridgehead atoms. The topological polar surface area (TPSA) is 58.6 Å². The number of hydrogen-bond donors (Lipinski definition) is 1. The molecule has 0 aliphatic carbocycles. The highest BCUT2D eigenvalue weighted by Gasteiger charge is 2.27. The minimum Gasteiger partial charge on any atom is -0.483 e. The van der Waals surface area contributed by atoms with Crippen LogP contribution in [-0.2, 0) is 16.1 Å². The van der Waals surface area contributed by atoms with E-state index in [9.17, 15) is 9.59 Å². The van der Waals surface area contributed by atoms with Crippen LogP contribution in [0.4, 0.5) is 0 Å². The van der Waals surface area contributed by atoms with Crippen molar-refractivity contribution >= 4 is 35.0 Å². The Labute approximate surface area is 188 Å². The molecule has 0 fully saturated rings. The molecule has 2 aromatic carbocycles. The number of benzene rings is 2. The zero-order chi connectivity index (χ0) is 22.4. The summed E-state index contributed by atoms with van der Waals surface area (Å²) in [6.07, 6.45) is 0. The smallest absolute Gasteiger partial charge is 0.261 e. The molecule has 30 heavy (non-hydrogen) atoms. The molecule has 0 saturated heterocycles. The molecule has 2 aromatic rings. The second kappa shape index (κ2) is 10.7. The first-order valence-electron chi connectivity index (χ1n) is 9.82. The summed E-state index contributed by atoms with van der Waals surface area (Å²) in [6.45, 7) is 9.40. The van der Waals surface area contributed by atoms with Gasteiger partial charge in [-0.2, -0.15) is 0 Å². The lowest BCUT2D eigenvalue weighted by Crippen LogP contribution is -2.50. The van der Waals surface area contributed by atoms with Gasteiger partial charge in [-0.05, 0) is 63.9 Å². The van der Waals surface area contributed by atoms with Gasteiger partial charge >= 0.3 is 0 Å². The molecule has 7 heteroatoms. The van der Waals surface area contributed by atoms with Gasteiger partial charge in [0.2, 0.25) is 5.91 Å². The van der Waals surface area contributed by atoms with Gasteiger partial charge in [-0.25, -0.2) is 0 Å². The van der Waals surface area contributed by atoms with E-state index in [0.717, 1.165) is 16.7 Å². The SMILES string of the molecule is Cc1ccc(OCC(=O)N(Cc2ccc(Cl)c(Cl)c2)C(C)C(=O)NC(C)C)c(C)c1. The van der Waals surface area contributed by atoms with Crippen LogP contribution in [0.15, 0.2) is 36.4 Å². The Morgan fingerprint density at radius 2 is 1.73 bits per heavy atom. The zero-order valence-electron chi connectivity index (χ0n) is 18.0. The zero-order valence-corrected chi connectivity index (χ0v) is 19.5. The van der Waals surface area contributed by atoms with Gasteiger partial charge in [-0.1, -0.05) is 47.0 Å². The largest absolute Gasteiger partial charge is 0.483 e. The summed E-state index contributed by atoms with van der Waals surface area (Å²) in [5, 5.41) is 3.68. The lowest BCUT2D eigenvalue weighted by molar-refractivity contribution is -0.142. The molecule has 0 saturated carbocycles. The van der Waals surface area contributed by atoms with E-state index in [0.29, 0.717) is 15.8 Å². The first kappa shape index (κ1) is 24.0. The van der Waals surface area contributed by atoms with E-state index in [2.05, 4.69) is 5.32 Å². The molecule has 0 aliphatic rings. The third-order valence-electron chi connectivity index (χ3n) is 4.62. The summed E-state index contributed by atoms with van der Waals surface area (Å²) in [5.74, 6) is 0.111. The molecule has 1 unspecified atom stereocenters. The number of hydrogen-bond acceptors (Lipinski definition) is 3. The lowest BCUT2D eigenvalue weighted by Gasteiger charge is -2.29. The minimum absolute atomic E-state index is 0.0339. The second-order valence-electron chi connectivity index (χ2n) is 7.67. The molecular weight excluding hydrogens is 423 g/mol. The van der Waals surface area contributed by atoms with Crippen LogP contribution < -0.4 is 10.1 Å². The summed E-state index contributed by atoms with van der Waals surface area (Å²) in [4.78, 5) is 27.1. The summed E-state index contributed by atoms with van der Waals surface area (Å²) >= 11 is 12.1. The summed E-state index contributed by atoms with van der Waals surface area (Å²) in [5.41, 5.74) is 2.84. The maximum absolute atomic E-state index is 13.0. The molecule has 0 heterocycles. The van der Waals surface area contributed by atoms with Crippen LogP contribution in [0, 0.1) is 13.8 Å². The van der Waals surface area contributed by atoms with E-state index >= 15 is 0 Å². The Morgan fingerprint density at radius 3 is 2.33 bits per heavy atom. The van der Waals surface area contributed by atoms with E-state index in [1.54, 1.807) is 25.1 Å². The van der Waals surface area contributed by atoms with Crippen LogP contribution in [0.5, 0.6) is 5.75 Å². The Bertz CT molecular complexity index is 915. The Kier molecular flexibility index (Phi) is 8.56. The fourth-order valence-corrected chi connectivity index (χ4v) is 3.33. The van der Waals surface area contributed by atoms with Crippen molar-refractivity contribution in [2.24, 2.45) is 0 Å². The van der Waals surface area contributed by atoms with Crippen molar-refractivity contribution in [3.05, 3.63) is 63.1 Å². The molecule has 0 aromatic heterocycles. The highest BCUT2D eigenvalue weighted by atomic mass is 35.5. The standard InChI is InChI=1S/C23H28Cl2N2O3/c1-14(2)26-23(29)17(5)27(12-18-7-8-19(24)20(25)11-18)22(28)13-30-21-9-6-15(3)10-16(21)4/h6-11,14,17H,12-13H2,1-5H3,(H,26,29). The molecule has 0 aliphatic heterocycles. The first-order chi connectivity index (χ1) is 14.1. The number of aryl methyl sites for hydroxylation is 2. The molecule has 162 valence electrons. The quantitative estimate of drug-likeness (QED) is 0.619. The molecule has 2 rings (SSSR count). The summed E-state index contributed by atoms with van der Waals surface area (Å²) < 4.78 is 5.76. The molecular formula is C23H28Cl2N2O3. The molecule has 2 amide bonds. The van der Waals surface area contributed by atoms with Crippen LogP contribution in [0.2, 0.25) is 10.0 Å². The maximum Gasteiger partial charge on any atom is 0.261 e. The average molecular weight is 451 g/mol. The van der Waals surface area contributed by atoms with E-state index < -0.39 is 6.04 Å². The van der Waals surface area contributed by atoms with Gasteiger partial charge in [0, 0.05) is 12.6 Å².